The lowest BCUT2D eigenvalue weighted by molar-refractivity contribution is 1.08. The predicted octanol–water partition coefficient (Wildman–Crippen LogP) is 15.0. The van der Waals surface area contributed by atoms with Gasteiger partial charge in [-0.25, -0.2) is 15.0 Å². The van der Waals surface area contributed by atoms with Crippen molar-refractivity contribution in [2.45, 2.75) is 0 Å². The Morgan fingerprint density at radius 2 is 1.00 bits per heavy atom. The lowest BCUT2D eigenvalue weighted by Crippen LogP contribution is -2.01. The SMILES string of the molecule is c1ccc(-c2nc(-c3cccc4ccccc34)nc(-c3c4ccccc4cc4sc5ccc(-n6c7cc8ccccc8cc7c7c8ccccc8ccc76)cc5c34)n2)cc1. The van der Waals surface area contributed by atoms with Crippen molar-refractivity contribution in [2.24, 2.45) is 0 Å². The van der Waals surface area contributed by atoms with E-state index in [1.54, 1.807) is 0 Å². The molecule has 3 heterocycles. The fourth-order valence-corrected chi connectivity index (χ4v) is 10.6. The van der Waals surface area contributed by atoms with E-state index in [0.717, 1.165) is 49.3 Å². The molecule has 0 radical (unpaired) electrons. The fraction of sp³-hybridized carbons (Fsp3) is 0. The summed E-state index contributed by atoms with van der Waals surface area (Å²) in [7, 11) is 0. The minimum absolute atomic E-state index is 0.648. The quantitative estimate of drug-likeness (QED) is 0.179. The van der Waals surface area contributed by atoms with Crippen molar-refractivity contribution in [3.8, 4) is 39.9 Å². The van der Waals surface area contributed by atoms with Gasteiger partial charge in [-0.2, -0.15) is 0 Å². The van der Waals surface area contributed by atoms with Crippen molar-refractivity contribution in [3.05, 3.63) is 194 Å². The highest BCUT2D eigenvalue weighted by Crippen LogP contribution is 2.46. The third kappa shape index (κ3) is 5.00. The van der Waals surface area contributed by atoms with Crippen molar-refractivity contribution >= 4 is 96.4 Å². The zero-order valence-electron chi connectivity index (χ0n) is 32.2. The number of nitrogens with zero attached hydrogens (tertiary/aromatic N) is 4. The number of hydrogen-bond acceptors (Lipinski definition) is 4. The maximum absolute atomic E-state index is 5.43. The number of benzene rings is 10. The minimum atomic E-state index is 0.648. The van der Waals surface area contributed by atoms with Crippen LogP contribution in [0.5, 0.6) is 0 Å². The topological polar surface area (TPSA) is 43.6 Å². The summed E-state index contributed by atoms with van der Waals surface area (Å²) in [5.74, 6) is 1.96. The highest BCUT2D eigenvalue weighted by atomic mass is 32.1. The minimum Gasteiger partial charge on any atom is -0.309 e. The van der Waals surface area contributed by atoms with Gasteiger partial charge < -0.3 is 4.57 Å². The molecule has 0 amide bonds. The van der Waals surface area contributed by atoms with Crippen molar-refractivity contribution in [2.75, 3.05) is 0 Å². The van der Waals surface area contributed by atoms with Crippen LogP contribution in [0.3, 0.4) is 0 Å². The van der Waals surface area contributed by atoms with Crippen molar-refractivity contribution in [3.63, 3.8) is 0 Å². The average molecular weight is 781 g/mol. The summed E-state index contributed by atoms with van der Waals surface area (Å²) in [6, 6.07) is 69.8. The Morgan fingerprint density at radius 3 is 1.83 bits per heavy atom. The fourth-order valence-electron chi connectivity index (χ4n) is 9.46. The number of thiophene rings is 1. The highest BCUT2D eigenvalue weighted by molar-refractivity contribution is 7.26. The molecule has 4 nitrogen and oxygen atoms in total. The average Bonchev–Trinajstić information content (AvgIpc) is 3.84. The van der Waals surface area contributed by atoms with Crippen molar-refractivity contribution < 1.29 is 0 Å². The van der Waals surface area contributed by atoms with E-state index in [0.29, 0.717) is 17.5 Å². The van der Waals surface area contributed by atoms with Crippen LogP contribution in [0.4, 0.5) is 0 Å². The van der Waals surface area contributed by atoms with Gasteiger partial charge in [-0.15, -0.1) is 11.3 Å². The second-order valence-electron chi connectivity index (χ2n) is 15.6. The van der Waals surface area contributed by atoms with Crippen LogP contribution in [-0.2, 0) is 0 Å². The van der Waals surface area contributed by atoms with Gasteiger partial charge in [0.2, 0.25) is 0 Å². The van der Waals surface area contributed by atoms with Crippen LogP contribution in [0, 0.1) is 0 Å². The molecule has 13 aromatic rings. The maximum Gasteiger partial charge on any atom is 0.165 e. The van der Waals surface area contributed by atoms with Gasteiger partial charge in [-0.1, -0.05) is 152 Å². The maximum atomic E-state index is 5.43. The van der Waals surface area contributed by atoms with E-state index in [2.05, 4.69) is 180 Å². The molecule has 0 fully saturated rings. The number of hydrogen-bond donors (Lipinski definition) is 0. The molecule has 0 saturated heterocycles. The molecule has 10 aromatic carbocycles. The van der Waals surface area contributed by atoms with E-state index in [9.17, 15) is 0 Å². The third-order valence-corrected chi connectivity index (χ3v) is 13.3. The van der Waals surface area contributed by atoms with Crippen molar-refractivity contribution in [1.82, 2.24) is 19.5 Å². The van der Waals surface area contributed by atoms with Crippen LogP contribution >= 0.6 is 11.3 Å². The molecule has 278 valence electrons. The van der Waals surface area contributed by atoms with Gasteiger partial charge in [0.15, 0.2) is 17.5 Å². The monoisotopic (exact) mass is 780 g/mol. The normalized spacial score (nSPS) is 12.0. The summed E-state index contributed by atoms with van der Waals surface area (Å²) in [6.07, 6.45) is 0. The molecule has 0 saturated carbocycles. The summed E-state index contributed by atoms with van der Waals surface area (Å²) in [5.41, 5.74) is 6.44. The highest BCUT2D eigenvalue weighted by Gasteiger charge is 2.22. The smallest absolute Gasteiger partial charge is 0.165 e. The molecule has 60 heavy (non-hydrogen) atoms. The first-order valence-electron chi connectivity index (χ1n) is 20.3. The zero-order valence-corrected chi connectivity index (χ0v) is 33.0. The van der Waals surface area contributed by atoms with E-state index < -0.39 is 0 Å². The first-order valence-corrected chi connectivity index (χ1v) is 21.1. The van der Waals surface area contributed by atoms with E-state index in [1.807, 2.05) is 29.5 Å². The summed E-state index contributed by atoms with van der Waals surface area (Å²) in [4.78, 5) is 16.0. The molecule has 0 aliphatic carbocycles. The van der Waals surface area contributed by atoms with Gasteiger partial charge in [0.1, 0.15) is 0 Å². The van der Waals surface area contributed by atoms with Gasteiger partial charge in [0, 0.05) is 53.3 Å². The summed E-state index contributed by atoms with van der Waals surface area (Å²) >= 11 is 1.82. The van der Waals surface area contributed by atoms with E-state index in [1.165, 1.54) is 58.1 Å². The zero-order chi connectivity index (χ0) is 39.3. The van der Waals surface area contributed by atoms with E-state index in [4.69, 9.17) is 15.0 Å². The molecule has 5 heteroatoms. The Hall–Kier alpha value is -7.73. The molecule has 0 aliphatic heterocycles. The second kappa shape index (κ2) is 12.9. The molecule has 3 aromatic heterocycles. The molecule has 13 rings (SSSR count). The lowest BCUT2D eigenvalue weighted by Gasteiger charge is -2.13. The molecular weight excluding hydrogens is 749 g/mol. The van der Waals surface area contributed by atoms with E-state index in [-0.39, 0.29) is 0 Å². The first-order chi connectivity index (χ1) is 29.7. The van der Waals surface area contributed by atoms with Gasteiger partial charge >= 0.3 is 0 Å². The summed E-state index contributed by atoms with van der Waals surface area (Å²) in [5, 5.41) is 14.3. The molecule has 0 spiro atoms. The molecule has 0 N–H and O–H groups in total. The summed E-state index contributed by atoms with van der Waals surface area (Å²) in [6.45, 7) is 0. The van der Waals surface area contributed by atoms with Crippen LogP contribution in [0.1, 0.15) is 0 Å². The number of fused-ring (bicyclic) bond motifs is 11. The standard InChI is InChI=1S/C55H32N4S/c1-2-15-35(16-3-1)53-56-54(43-24-12-20-33-13-6-9-21-40(33)43)58-55(57-53)52-42-23-11-8-19-38(42)31-49-51(52)45-32-39(26-28-48(45)60-49)59-46-27-25-34-14-7-10-22-41(34)50(46)44-29-36-17-4-5-18-37(36)30-47(44)59/h1-32H. The van der Waals surface area contributed by atoms with Crippen LogP contribution < -0.4 is 0 Å². The molecule has 0 atom stereocenters. The van der Waals surface area contributed by atoms with Crippen LogP contribution in [0.2, 0.25) is 0 Å². The van der Waals surface area contributed by atoms with Gasteiger partial charge in [0.05, 0.1) is 11.0 Å². The number of aromatic nitrogens is 4. The predicted molar refractivity (Wildman–Crippen MR) is 253 cm³/mol. The lowest BCUT2D eigenvalue weighted by atomic mass is 9.97. The number of rotatable bonds is 4. The van der Waals surface area contributed by atoms with E-state index >= 15 is 0 Å². The Balaban J connectivity index is 1.13. The Bertz CT molecular complexity index is 3890. The van der Waals surface area contributed by atoms with Crippen LogP contribution in [0.15, 0.2) is 194 Å². The second-order valence-corrected chi connectivity index (χ2v) is 16.6. The first kappa shape index (κ1) is 33.3. The molecular formula is C55H32N4S. The molecule has 0 unspecified atom stereocenters. The summed E-state index contributed by atoms with van der Waals surface area (Å²) < 4.78 is 4.87. The van der Waals surface area contributed by atoms with Crippen LogP contribution in [-0.4, -0.2) is 19.5 Å². The largest absolute Gasteiger partial charge is 0.309 e. The van der Waals surface area contributed by atoms with Crippen LogP contribution in [0.25, 0.3) is 125 Å². The third-order valence-electron chi connectivity index (χ3n) is 12.2. The molecule has 0 bridgehead atoms. The van der Waals surface area contributed by atoms with Gasteiger partial charge in [-0.05, 0) is 85.6 Å². The Kier molecular flexibility index (Phi) is 7.14. The Morgan fingerprint density at radius 1 is 0.350 bits per heavy atom. The Labute approximate surface area is 348 Å². The van der Waals surface area contributed by atoms with Gasteiger partial charge in [-0.3, -0.25) is 0 Å². The molecule has 0 aliphatic rings. The van der Waals surface area contributed by atoms with Gasteiger partial charge in [0.25, 0.3) is 0 Å². The van der Waals surface area contributed by atoms with Crippen molar-refractivity contribution in [1.29, 1.82) is 0 Å².